The maximum atomic E-state index is 12.9. The van der Waals surface area contributed by atoms with Gasteiger partial charge in [-0.2, -0.15) is 13.2 Å². The van der Waals surface area contributed by atoms with Gasteiger partial charge in [0.2, 0.25) is 11.8 Å². The summed E-state index contributed by atoms with van der Waals surface area (Å²) >= 11 is 5.27. The van der Waals surface area contributed by atoms with Gasteiger partial charge >= 0.3 is 6.18 Å². The van der Waals surface area contributed by atoms with Gasteiger partial charge in [0.15, 0.2) is 5.11 Å². The first-order valence-corrected chi connectivity index (χ1v) is 11.1. The maximum absolute atomic E-state index is 12.9. The molecule has 184 valence electrons. The molecule has 0 aliphatic carbocycles. The van der Waals surface area contributed by atoms with Crippen LogP contribution < -0.4 is 20.7 Å². The van der Waals surface area contributed by atoms with Gasteiger partial charge in [0.05, 0.1) is 16.8 Å². The number of nitrogens with one attached hydrogen (secondary N) is 3. The van der Waals surface area contributed by atoms with E-state index >= 15 is 0 Å². The Labute approximate surface area is 210 Å². The van der Waals surface area contributed by atoms with Gasteiger partial charge in [-0.1, -0.05) is 6.07 Å². The van der Waals surface area contributed by atoms with E-state index in [1.807, 2.05) is 19.1 Å². The number of pyridine rings is 1. The van der Waals surface area contributed by atoms with Crippen LogP contribution in [-0.4, -0.2) is 27.1 Å². The minimum absolute atomic E-state index is 0.151. The maximum Gasteiger partial charge on any atom is 0.416 e. The fraction of sp³-hybridized carbons (Fsp3) is 0.120. The normalized spacial score (nSPS) is 11.0. The van der Waals surface area contributed by atoms with Gasteiger partial charge in [-0.3, -0.25) is 0 Å². The zero-order chi connectivity index (χ0) is 25.7. The zero-order valence-corrected chi connectivity index (χ0v) is 20.0. The lowest BCUT2D eigenvalue weighted by atomic mass is 10.2. The Bertz CT molecular complexity index is 1400. The van der Waals surface area contributed by atoms with Crippen molar-refractivity contribution >= 4 is 34.7 Å². The van der Waals surface area contributed by atoms with E-state index in [9.17, 15) is 13.2 Å². The Balaban J connectivity index is 1.47. The van der Waals surface area contributed by atoms with Gasteiger partial charge in [0.1, 0.15) is 5.75 Å². The molecule has 3 N–H and O–H groups in total. The van der Waals surface area contributed by atoms with Crippen molar-refractivity contribution in [2.75, 3.05) is 23.0 Å². The first kappa shape index (κ1) is 24.9. The summed E-state index contributed by atoms with van der Waals surface area (Å²) in [5.41, 5.74) is 2.25. The first-order chi connectivity index (χ1) is 17.2. The molecule has 4 rings (SSSR count). The van der Waals surface area contributed by atoms with E-state index in [2.05, 4.69) is 30.9 Å². The summed E-state index contributed by atoms with van der Waals surface area (Å²) in [6, 6.07) is 15.5. The molecule has 36 heavy (non-hydrogen) atoms. The number of hydrogen-bond donors (Lipinski definition) is 3. The van der Waals surface area contributed by atoms with E-state index in [4.69, 9.17) is 17.0 Å². The molecule has 0 aliphatic heterocycles. The highest BCUT2D eigenvalue weighted by atomic mass is 32.1. The molecule has 0 fully saturated rings. The van der Waals surface area contributed by atoms with Crippen LogP contribution >= 0.6 is 12.2 Å². The van der Waals surface area contributed by atoms with Crippen LogP contribution in [0.25, 0.3) is 11.3 Å². The van der Waals surface area contributed by atoms with Crippen molar-refractivity contribution in [3.8, 4) is 22.9 Å². The van der Waals surface area contributed by atoms with Crippen LogP contribution in [0.5, 0.6) is 11.6 Å². The number of benzene rings is 2. The highest BCUT2D eigenvalue weighted by molar-refractivity contribution is 7.80. The van der Waals surface area contributed by atoms with Crippen molar-refractivity contribution in [2.45, 2.75) is 13.1 Å². The van der Waals surface area contributed by atoms with E-state index in [-0.39, 0.29) is 10.8 Å². The van der Waals surface area contributed by atoms with Gasteiger partial charge in [-0.05, 0) is 79.3 Å². The molecule has 2 heterocycles. The summed E-state index contributed by atoms with van der Waals surface area (Å²) in [5.74, 6) is 1.42. The summed E-state index contributed by atoms with van der Waals surface area (Å²) in [6.07, 6.45) is -1.16. The lowest BCUT2D eigenvalue weighted by Crippen LogP contribution is -2.19. The van der Waals surface area contributed by atoms with Gasteiger partial charge in [0, 0.05) is 30.8 Å². The Morgan fingerprint density at radius 3 is 2.42 bits per heavy atom. The van der Waals surface area contributed by atoms with Crippen molar-refractivity contribution < 1.29 is 17.9 Å². The number of nitrogens with zero attached hydrogens (tertiary/aromatic N) is 3. The fourth-order valence-electron chi connectivity index (χ4n) is 3.31. The third-order valence-corrected chi connectivity index (χ3v) is 5.22. The van der Waals surface area contributed by atoms with Crippen molar-refractivity contribution in [3.05, 3.63) is 84.2 Å². The molecule has 11 heteroatoms. The number of thiocarbonyl (C=S) groups is 1. The molecule has 0 unspecified atom stereocenters. The summed E-state index contributed by atoms with van der Waals surface area (Å²) in [4.78, 5) is 12.9. The minimum atomic E-state index is -4.43. The summed E-state index contributed by atoms with van der Waals surface area (Å²) in [6.45, 7) is 1.86. The molecule has 7 nitrogen and oxygen atoms in total. The predicted octanol–water partition coefficient (Wildman–Crippen LogP) is 6.51. The molecular formula is C25H21F3N6OS. The minimum Gasteiger partial charge on any atom is -0.438 e. The standard InChI is InChI=1S/C25H21F3N6OS/c1-15-13-18(33-24(36)32-17-6-3-5-16(14-17)25(26,27)28)8-9-21(15)35-22-19(7-4-11-30-22)20-10-12-31-23(29-2)34-20/h3-14H,1-2H3,(H,29,31,34)(H2,32,33,36). The number of halogens is 3. The van der Waals surface area contributed by atoms with Crippen molar-refractivity contribution in [1.82, 2.24) is 15.0 Å². The molecule has 0 aliphatic rings. The quantitative estimate of drug-likeness (QED) is 0.253. The van der Waals surface area contributed by atoms with Crippen molar-refractivity contribution in [2.24, 2.45) is 0 Å². The topological polar surface area (TPSA) is 84.0 Å². The predicted molar refractivity (Wildman–Crippen MR) is 137 cm³/mol. The molecule has 4 aromatic rings. The molecule has 0 bridgehead atoms. The molecule has 0 spiro atoms. The molecule has 0 radical (unpaired) electrons. The second-order valence-corrected chi connectivity index (χ2v) is 8.02. The van der Waals surface area contributed by atoms with Crippen LogP contribution in [0.1, 0.15) is 11.1 Å². The van der Waals surface area contributed by atoms with Gasteiger partial charge in [-0.25, -0.2) is 15.0 Å². The SMILES string of the molecule is CNc1nccc(-c2cccnc2Oc2ccc(NC(=S)Nc3cccc(C(F)(F)F)c3)cc2C)n1. The zero-order valence-electron chi connectivity index (χ0n) is 19.2. The molecular weight excluding hydrogens is 489 g/mol. The lowest BCUT2D eigenvalue weighted by Gasteiger charge is -2.15. The van der Waals surface area contributed by atoms with Gasteiger partial charge in [0.25, 0.3) is 0 Å². The number of anilines is 3. The Hall–Kier alpha value is -4.25. The van der Waals surface area contributed by atoms with Gasteiger partial charge < -0.3 is 20.7 Å². The monoisotopic (exact) mass is 510 g/mol. The smallest absolute Gasteiger partial charge is 0.416 e. The van der Waals surface area contributed by atoms with E-state index in [1.165, 1.54) is 12.1 Å². The number of ether oxygens (including phenoxy) is 1. The Kier molecular flexibility index (Phi) is 7.30. The number of aromatic nitrogens is 3. The number of aryl methyl sites for hydroxylation is 1. The second kappa shape index (κ2) is 10.6. The summed E-state index contributed by atoms with van der Waals surface area (Å²) in [5, 5.41) is 8.81. The van der Waals surface area contributed by atoms with Crippen LogP contribution in [0, 0.1) is 6.92 Å². The average molecular weight is 511 g/mol. The van der Waals surface area contributed by atoms with Crippen molar-refractivity contribution in [3.63, 3.8) is 0 Å². The molecule has 2 aromatic heterocycles. The van der Waals surface area contributed by atoms with E-state index < -0.39 is 11.7 Å². The molecule has 0 atom stereocenters. The fourth-order valence-corrected chi connectivity index (χ4v) is 3.54. The summed E-state index contributed by atoms with van der Waals surface area (Å²) in [7, 11) is 1.74. The molecule has 0 saturated heterocycles. The summed E-state index contributed by atoms with van der Waals surface area (Å²) < 4.78 is 44.9. The van der Waals surface area contributed by atoms with E-state index in [0.29, 0.717) is 34.5 Å². The van der Waals surface area contributed by atoms with Crippen LogP contribution in [0.2, 0.25) is 0 Å². The van der Waals surface area contributed by atoms with Crippen LogP contribution in [0.3, 0.4) is 0 Å². The molecule has 0 saturated carbocycles. The van der Waals surface area contributed by atoms with Gasteiger partial charge in [-0.15, -0.1) is 0 Å². The first-order valence-electron chi connectivity index (χ1n) is 10.7. The van der Waals surface area contributed by atoms with Crippen molar-refractivity contribution in [1.29, 1.82) is 0 Å². The number of alkyl halides is 3. The van der Waals surface area contributed by atoms with Crippen LogP contribution in [0.4, 0.5) is 30.5 Å². The Morgan fingerprint density at radius 2 is 1.69 bits per heavy atom. The Morgan fingerprint density at radius 1 is 0.917 bits per heavy atom. The highest BCUT2D eigenvalue weighted by Crippen LogP contribution is 2.33. The second-order valence-electron chi connectivity index (χ2n) is 7.61. The molecule has 0 amide bonds. The number of hydrogen-bond acceptors (Lipinski definition) is 6. The molecule has 2 aromatic carbocycles. The van der Waals surface area contributed by atoms with E-state index in [1.54, 1.807) is 43.7 Å². The van der Waals surface area contributed by atoms with E-state index in [0.717, 1.165) is 17.7 Å². The average Bonchev–Trinajstić information content (AvgIpc) is 2.85. The third-order valence-electron chi connectivity index (χ3n) is 5.01. The van der Waals surface area contributed by atoms with Crippen LogP contribution in [-0.2, 0) is 6.18 Å². The lowest BCUT2D eigenvalue weighted by molar-refractivity contribution is -0.137. The highest BCUT2D eigenvalue weighted by Gasteiger charge is 2.30. The number of rotatable bonds is 6. The third kappa shape index (κ3) is 6.05. The van der Waals surface area contributed by atoms with Crippen LogP contribution in [0.15, 0.2) is 73.1 Å². The largest absolute Gasteiger partial charge is 0.438 e.